The molecule has 3 rings (SSSR count). The lowest BCUT2D eigenvalue weighted by atomic mass is 10.1. The van der Waals surface area contributed by atoms with Crippen LogP contribution < -0.4 is 15.4 Å². The van der Waals surface area contributed by atoms with Crippen LogP contribution in [0.25, 0.3) is 0 Å². The van der Waals surface area contributed by atoms with Crippen molar-refractivity contribution < 1.29 is 19.9 Å². The van der Waals surface area contributed by atoms with Gasteiger partial charge in [0.1, 0.15) is 24.2 Å². The molecule has 0 spiro atoms. The molecule has 0 aliphatic carbocycles. The molecule has 2 aromatic carbocycles. The van der Waals surface area contributed by atoms with E-state index in [9.17, 15) is 20.3 Å². The lowest BCUT2D eigenvalue weighted by molar-refractivity contribution is -0.384. The molecule has 0 bridgehead atoms. The van der Waals surface area contributed by atoms with E-state index in [1.54, 1.807) is 12.1 Å². The van der Waals surface area contributed by atoms with Crippen LogP contribution in [0.5, 0.6) is 11.5 Å². The number of nitro groups is 1. The zero-order valence-electron chi connectivity index (χ0n) is 16.8. The summed E-state index contributed by atoms with van der Waals surface area (Å²) >= 11 is 0. The number of benzene rings is 2. The second-order valence-corrected chi connectivity index (χ2v) is 6.86. The molecular weight excluding hydrogens is 400 g/mol. The summed E-state index contributed by atoms with van der Waals surface area (Å²) in [5.74, 6) is 0.948. The van der Waals surface area contributed by atoms with Crippen molar-refractivity contribution in [1.29, 1.82) is 0 Å². The van der Waals surface area contributed by atoms with Crippen LogP contribution in [0.3, 0.4) is 0 Å². The van der Waals surface area contributed by atoms with Crippen LogP contribution in [0, 0.1) is 10.1 Å². The number of anilines is 2. The van der Waals surface area contributed by atoms with Crippen molar-refractivity contribution >= 4 is 17.2 Å². The fourth-order valence-electron chi connectivity index (χ4n) is 2.83. The highest BCUT2D eigenvalue weighted by Crippen LogP contribution is 2.24. The smallest absolute Gasteiger partial charge is 0.311 e. The van der Waals surface area contributed by atoms with Gasteiger partial charge in [-0.05, 0) is 61.0 Å². The third kappa shape index (κ3) is 6.95. The molecule has 0 saturated carbocycles. The molecule has 0 unspecified atom stereocenters. The quantitative estimate of drug-likeness (QED) is 0.210. The Morgan fingerprint density at radius 3 is 2.55 bits per heavy atom. The van der Waals surface area contributed by atoms with E-state index in [0.29, 0.717) is 24.5 Å². The first-order valence-corrected chi connectivity index (χ1v) is 9.77. The SMILES string of the molecule is O=[N+]([O-])c1cccnc1Nc1ccc(CCNC[C@@H](O)COc2ccc(O)cc2)cc1. The third-order valence-corrected chi connectivity index (χ3v) is 4.45. The van der Waals surface area contributed by atoms with Gasteiger partial charge in [-0.15, -0.1) is 0 Å². The highest BCUT2D eigenvalue weighted by Gasteiger charge is 2.14. The minimum atomic E-state index is -0.658. The number of ether oxygens (including phenoxy) is 1. The highest BCUT2D eigenvalue weighted by molar-refractivity contribution is 5.65. The molecule has 1 atom stereocenters. The monoisotopic (exact) mass is 424 g/mol. The minimum absolute atomic E-state index is 0.0799. The van der Waals surface area contributed by atoms with Crippen LogP contribution >= 0.6 is 0 Å². The number of aliphatic hydroxyl groups is 1. The molecule has 9 nitrogen and oxygen atoms in total. The largest absolute Gasteiger partial charge is 0.508 e. The van der Waals surface area contributed by atoms with Gasteiger partial charge >= 0.3 is 5.69 Å². The molecule has 31 heavy (non-hydrogen) atoms. The molecule has 3 aromatic rings. The van der Waals surface area contributed by atoms with Gasteiger partial charge in [0.2, 0.25) is 5.82 Å². The van der Waals surface area contributed by atoms with Gasteiger partial charge in [-0.25, -0.2) is 4.98 Å². The number of phenols is 1. The van der Waals surface area contributed by atoms with Gasteiger partial charge in [0.25, 0.3) is 0 Å². The van der Waals surface area contributed by atoms with E-state index in [-0.39, 0.29) is 23.9 Å². The molecule has 0 radical (unpaired) electrons. The average molecular weight is 424 g/mol. The molecule has 1 heterocycles. The van der Waals surface area contributed by atoms with Gasteiger partial charge in [0.05, 0.1) is 4.92 Å². The van der Waals surface area contributed by atoms with Gasteiger partial charge in [-0.3, -0.25) is 10.1 Å². The summed E-state index contributed by atoms with van der Waals surface area (Å²) in [4.78, 5) is 14.6. The van der Waals surface area contributed by atoms with Crippen LogP contribution in [0.4, 0.5) is 17.2 Å². The minimum Gasteiger partial charge on any atom is -0.508 e. The zero-order valence-corrected chi connectivity index (χ0v) is 16.8. The summed E-state index contributed by atoms with van der Waals surface area (Å²) in [6.07, 6.45) is 1.60. The first-order chi connectivity index (χ1) is 15.0. The first-order valence-electron chi connectivity index (χ1n) is 9.77. The zero-order chi connectivity index (χ0) is 22.1. The van der Waals surface area contributed by atoms with Gasteiger partial charge < -0.3 is 25.6 Å². The Labute approximate surface area is 179 Å². The number of aliphatic hydroxyl groups excluding tert-OH is 1. The van der Waals surface area contributed by atoms with E-state index in [1.807, 2.05) is 24.3 Å². The molecule has 0 aliphatic rings. The van der Waals surface area contributed by atoms with Gasteiger partial charge in [0.15, 0.2) is 0 Å². The molecular formula is C22H24N4O5. The Hall–Kier alpha value is -3.69. The third-order valence-electron chi connectivity index (χ3n) is 4.45. The molecule has 9 heteroatoms. The maximum atomic E-state index is 11.1. The van der Waals surface area contributed by atoms with E-state index < -0.39 is 11.0 Å². The number of aromatic nitrogens is 1. The molecule has 0 aliphatic heterocycles. The fourth-order valence-corrected chi connectivity index (χ4v) is 2.83. The lowest BCUT2D eigenvalue weighted by Gasteiger charge is -2.13. The predicted molar refractivity (Wildman–Crippen MR) is 117 cm³/mol. The molecule has 0 amide bonds. The second kappa shape index (κ2) is 10.9. The maximum absolute atomic E-state index is 11.1. The summed E-state index contributed by atoms with van der Waals surface area (Å²) in [6, 6.07) is 16.8. The highest BCUT2D eigenvalue weighted by atomic mass is 16.6. The molecule has 162 valence electrons. The number of rotatable bonds is 11. The van der Waals surface area contributed by atoms with Crippen LogP contribution in [-0.4, -0.2) is 45.9 Å². The number of pyridine rings is 1. The summed E-state index contributed by atoms with van der Waals surface area (Å²) < 4.78 is 5.47. The normalized spacial score (nSPS) is 11.6. The van der Waals surface area contributed by atoms with Gasteiger partial charge in [-0.2, -0.15) is 0 Å². The second-order valence-electron chi connectivity index (χ2n) is 6.86. The standard InChI is InChI=1S/C22H24N4O5/c27-18-7-9-20(10-8-18)31-15-19(28)14-23-13-11-16-3-5-17(6-4-16)25-22-21(26(29)30)2-1-12-24-22/h1-10,12,19,23,27-28H,11,13-15H2,(H,24,25)/t19-/m1/s1. The van der Waals surface area contributed by atoms with Crippen LogP contribution in [0.1, 0.15) is 5.56 Å². The number of phenolic OH excluding ortho intramolecular Hbond substituents is 1. The molecule has 0 saturated heterocycles. The van der Waals surface area contributed by atoms with Crippen LogP contribution in [0.15, 0.2) is 66.9 Å². The number of aromatic hydroxyl groups is 1. The van der Waals surface area contributed by atoms with Crippen molar-refractivity contribution in [2.45, 2.75) is 12.5 Å². The van der Waals surface area contributed by atoms with Crippen molar-refractivity contribution in [2.75, 3.05) is 25.0 Å². The average Bonchev–Trinajstić information content (AvgIpc) is 2.77. The van der Waals surface area contributed by atoms with Crippen molar-refractivity contribution in [3.8, 4) is 11.5 Å². The van der Waals surface area contributed by atoms with Crippen molar-refractivity contribution in [1.82, 2.24) is 10.3 Å². The number of nitrogens with zero attached hydrogens (tertiary/aromatic N) is 2. The van der Waals surface area contributed by atoms with E-state index in [2.05, 4.69) is 15.6 Å². The summed E-state index contributed by atoms with van der Waals surface area (Å²) in [5, 5.41) is 36.5. The number of hydrogen-bond donors (Lipinski definition) is 4. The Morgan fingerprint density at radius 1 is 1.10 bits per heavy atom. The van der Waals surface area contributed by atoms with Gasteiger partial charge in [0, 0.05) is 24.5 Å². The topological polar surface area (TPSA) is 130 Å². The van der Waals surface area contributed by atoms with Gasteiger partial charge in [-0.1, -0.05) is 12.1 Å². The first kappa shape index (κ1) is 22.0. The van der Waals surface area contributed by atoms with E-state index in [0.717, 1.165) is 12.0 Å². The lowest BCUT2D eigenvalue weighted by Crippen LogP contribution is -2.32. The molecule has 0 fully saturated rings. The van der Waals surface area contributed by atoms with Crippen molar-refractivity contribution in [3.63, 3.8) is 0 Å². The summed E-state index contributed by atoms with van der Waals surface area (Å²) in [6.45, 7) is 1.22. The number of nitrogens with one attached hydrogen (secondary N) is 2. The van der Waals surface area contributed by atoms with Crippen molar-refractivity contribution in [3.05, 3.63) is 82.5 Å². The molecule has 4 N–H and O–H groups in total. The van der Waals surface area contributed by atoms with Crippen LogP contribution in [0.2, 0.25) is 0 Å². The Balaban J connectivity index is 1.38. The van der Waals surface area contributed by atoms with E-state index >= 15 is 0 Å². The maximum Gasteiger partial charge on any atom is 0.311 e. The van der Waals surface area contributed by atoms with Crippen molar-refractivity contribution in [2.24, 2.45) is 0 Å². The number of hydrogen-bond acceptors (Lipinski definition) is 8. The van der Waals surface area contributed by atoms with E-state index in [1.165, 1.54) is 30.5 Å². The summed E-state index contributed by atoms with van der Waals surface area (Å²) in [5.41, 5.74) is 1.72. The fraction of sp³-hybridized carbons (Fsp3) is 0.227. The Kier molecular flexibility index (Phi) is 7.74. The summed E-state index contributed by atoms with van der Waals surface area (Å²) in [7, 11) is 0. The Morgan fingerprint density at radius 2 is 1.84 bits per heavy atom. The Bertz CT molecular complexity index is 980. The predicted octanol–water partition coefficient (Wildman–Crippen LogP) is 3.01. The van der Waals surface area contributed by atoms with E-state index in [4.69, 9.17) is 4.74 Å². The van der Waals surface area contributed by atoms with Crippen LogP contribution in [-0.2, 0) is 6.42 Å². The molecule has 1 aromatic heterocycles.